The summed E-state index contributed by atoms with van der Waals surface area (Å²) in [5.41, 5.74) is 8.02. The predicted octanol–water partition coefficient (Wildman–Crippen LogP) is 1.90. The van der Waals surface area contributed by atoms with Crippen LogP contribution in [0.3, 0.4) is 0 Å². The number of nitrogens with two attached hydrogens (primary N) is 1. The fourth-order valence-corrected chi connectivity index (χ4v) is 2.25. The lowest BCUT2D eigenvalue weighted by Crippen LogP contribution is -2.12. The molecule has 0 fully saturated rings. The Morgan fingerprint density at radius 1 is 1.38 bits per heavy atom. The topological polar surface area (TPSA) is 61.0 Å². The van der Waals surface area contributed by atoms with Crippen LogP contribution in [0, 0.1) is 6.92 Å². The van der Waals surface area contributed by atoms with E-state index in [9.17, 15) is 0 Å². The maximum Gasteiger partial charge on any atom is 0.124 e. The summed E-state index contributed by atoms with van der Waals surface area (Å²) in [6.45, 7) is 1.91. The van der Waals surface area contributed by atoms with Gasteiger partial charge in [-0.25, -0.2) is 0 Å². The predicted molar refractivity (Wildman–Crippen MR) is 63.7 cm³/mol. The number of aryl methyl sites for hydroxylation is 1. The molecule has 0 radical (unpaired) electrons. The molecule has 1 aromatic carbocycles. The molecule has 1 unspecified atom stereocenters. The Hall–Kier alpha value is -1.46. The first-order valence-corrected chi connectivity index (χ1v) is 5.68. The van der Waals surface area contributed by atoms with Crippen LogP contribution in [0.5, 0.6) is 5.75 Å². The van der Waals surface area contributed by atoms with Crippen molar-refractivity contribution in [3.63, 3.8) is 0 Å². The Labute approximate surface area is 98.2 Å². The minimum Gasteiger partial charge on any atom is -0.496 e. The molecule has 2 aromatic rings. The molecule has 0 saturated heterocycles. The number of aromatic nitrogens is 2. The molecule has 1 atom stereocenters. The third-order valence-electron chi connectivity index (χ3n) is 2.44. The van der Waals surface area contributed by atoms with Gasteiger partial charge in [0.05, 0.1) is 23.7 Å². The molecule has 5 heteroatoms. The van der Waals surface area contributed by atoms with Gasteiger partial charge in [-0.3, -0.25) is 0 Å². The van der Waals surface area contributed by atoms with Gasteiger partial charge in [0.15, 0.2) is 0 Å². The van der Waals surface area contributed by atoms with E-state index in [4.69, 9.17) is 10.5 Å². The van der Waals surface area contributed by atoms with Gasteiger partial charge in [-0.1, -0.05) is 22.7 Å². The first kappa shape index (κ1) is 11.0. The zero-order valence-electron chi connectivity index (χ0n) is 9.18. The van der Waals surface area contributed by atoms with E-state index >= 15 is 0 Å². The summed E-state index contributed by atoms with van der Waals surface area (Å²) >= 11 is 1.33. The number of nitrogens with zero attached hydrogens (tertiary/aromatic N) is 2. The summed E-state index contributed by atoms with van der Waals surface area (Å²) in [4.78, 5) is 0.976. The first-order chi connectivity index (χ1) is 7.74. The van der Waals surface area contributed by atoms with Crippen molar-refractivity contribution in [1.82, 2.24) is 9.59 Å². The largest absolute Gasteiger partial charge is 0.496 e. The van der Waals surface area contributed by atoms with Crippen molar-refractivity contribution < 1.29 is 4.74 Å². The summed E-state index contributed by atoms with van der Waals surface area (Å²) in [6, 6.07) is 7.51. The maximum atomic E-state index is 6.19. The summed E-state index contributed by atoms with van der Waals surface area (Å²) in [7, 11) is 1.64. The average Bonchev–Trinajstić information content (AvgIpc) is 2.74. The Kier molecular flexibility index (Phi) is 3.17. The maximum absolute atomic E-state index is 6.19. The number of rotatable bonds is 3. The van der Waals surface area contributed by atoms with Crippen molar-refractivity contribution in [2.75, 3.05) is 7.11 Å². The minimum absolute atomic E-state index is 0.226. The molecule has 1 aromatic heterocycles. The van der Waals surface area contributed by atoms with Crippen molar-refractivity contribution >= 4 is 11.5 Å². The van der Waals surface area contributed by atoms with Crippen LogP contribution < -0.4 is 10.5 Å². The van der Waals surface area contributed by atoms with Crippen molar-refractivity contribution in [3.8, 4) is 5.75 Å². The second kappa shape index (κ2) is 4.59. The molecule has 0 spiro atoms. The van der Waals surface area contributed by atoms with E-state index in [1.54, 1.807) is 7.11 Å². The normalized spacial score (nSPS) is 12.4. The average molecular weight is 235 g/mol. The van der Waals surface area contributed by atoms with E-state index in [-0.39, 0.29) is 6.04 Å². The van der Waals surface area contributed by atoms with Crippen LogP contribution in [0.4, 0.5) is 0 Å². The zero-order valence-corrected chi connectivity index (χ0v) is 9.99. The molecule has 0 aliphatic heterocycles. The summed E-state index contributed by atoms with van der Waals surface area (Å²) in [6.07, 6.45) is 0. The molecular weight excluding hydrogens is 222 g/mol. The molecule has 0 aliphatic rings. The monoisotopic (exact) mass is 235 g/mol. The standard InChI is InChI=1S/C11H13N3OS/c1-7-11(16-14-13-7)10(12)8-5-3-4-6-9(8)15-2/h3-6,10H,12H2,1-2H3. The van der Waals surface area contributed by atoms with Crippen LogP contribution in [0.25, 0.3) is 0 Å². The second-order valence-corrected chi connectivity index (χ2v) is 4.23. The van der Waals surface area contributed by atoms with Crippen molar-refractivity contribution in [2.45, 2.75) is 13.0 Å². The molecule has 0 saturated carbocycles. The highest BCUT2D eigenvalue weighted by atomic mass is 32.1. The van der Waals surface area contributed by atoms with E-state index in [1.165, 1.54) is 11.5 Å². The number of hydrogen-bond donors (Lipinski definition) is 1. The molecule has 84 valence electrons. The highest BCUT2D eigenvalue weighted by molar-refractivity contribution is 7.05. The molecule has 0 bridgehead atoms. The fourth-order valence-electron chi connectivity index (χ4n) is 1.59. The molecule has 2 rings (SSSR count). The van der Waals surface area contributed by atoms with Gasteiger partial charge in [-0.15, -0.1) is 5.10 Å². The van der Waals surface area contributed by atoms with Crippen LogP contribution in [0.2, 0.25) is 0 Å². The van der Waals surface area contributed by atoms with Gasteiger partial charge in [0.1, 0.15) is 5.75 Å². The van der Waals surface area contributed by atoms with Gasteiger partial charge in [0, 0.05) is 5.56 Å². The molecule has 1 heterocycles. The van der Waals surface area contributed by atoms with Gasteiger partial charge in [-0.05, 0) is 24.5 Å². The first-order valence-electron chi connectivity index (χ1n) is 4.91. The van der Waals surface area contributed by atoms with E-state index in [2.05, 4.69) is 9.59 Å². The Balaban J connectivity index is 2.41. The van der Waals surface area contributed by atoms with Gasteiger partial charge < -0.3 is 10.5 Å². The van der Waals surface area contributed by atoms with Crippen molar-refractivity contribution in [2.24, 2.45) is 5.73 Å². The molecule has 16 heavy (non-hydrogen) atoms. The Morgan fingerprint density at radius 2 is 2.12 bits per heavy atom. The van der Waals surface area contributed by atoms with E-state index < -0.39 is 0 Å². The lowest BCUT2D eigenvalue weighted by molar-refractivity contribution is 0.408. The molecule has 4 nitrogen and oxygen atoms in total. The van der Waals surface area contributed by atoms with Gasteiger partial charge >= 0.3 is 0 Å². The van der Waals surface area contributed by atoms with Gasteiger partial charge in [-0.2, -0.15) is 0 Å². The van der Waals surface area contributed by atoms with Gasteiger partial charge in [0.25, 0.3) is 0 Å². The van der Waals surface area contributed by atoms with Crippen molar-refractivity contribution in [1.29, 1.82) is 0 Å². The van der Waals surface area contributed by atoms with E-state index in [1.807, 2.05) is 31.2 Å². The molecular formula is C11H13N3OS. The minimum atomic E-state index is -0.226. The van der Waals surface area contributed by atoms with Crippen LogP contribution in [0.1, 0.15) is 22.2 Å². The van der Waals surface area contributed by atoms with Gasteiger partial charge in [0.2, 0.25) is 0 Å². The number of para-hydroxylation sites is 1. The van der Waals surface area contributed by atoms with Crippen LogP contribution in [-0.4, -0.2) is 16.7 Å². The highest BCUT2D eigenvalue weighted by Gasteiger charge is 2.18. The summed E-state index contributed by atoms with van der Waals surface area (Å²) < 4.78 is 9.18. The SMILES string of the molecule is COc1ccccc1C(N)c1snnc1C. The second-order valence-electron chi connectivity index (χ2n) is 3.44. The lowest BCUT2D eigenvalue weighted by Gasteiger charge is -2.13. The molecule has 2 N–H and O–H groups in total. The summed E-state index contributed by atoms with van der Waals surface area (Å²) in [5.74, 6) is 0.794. The summed E-state index contributed by atoms with van der Waals surface area (Å²) in [5, 5.41) is 3.97. The van der Waals surface area contributed by atoms with Crippen LogP contribution in [0.15, 0.2) is 24.3 Å². The number of ether oxygens (including phenoxy) is 1. The number of hydrogen-bond acceptors (Lipinski definition) is 5. The zero-order chi connectivity index (χ0) is 11.5. The molecule has 0 amide bonds. The third kappa shape index (κ3) is 1.91. The Morgan fingerprint density at radius 3 is 2.75 bits per heavy atom. The van der Waals surface area contributed by atoms with E-state index in [0.717, 1.165) is 21.9 Å². The van der Waals surface area contributed by atoms with Crippen LogP contribution in [-0.2, 0) is 0 Å². The number of methoxy groups -OCH3 is 1. The number of benzene rings is 1. The van der Waals surface area contributed by atoms with Crippen molar-refractivity contribution in [3.05, 3.63) is 40.4 Å². The molecule has 0 aliphatic carbocycles. The quantitative estimate of drug-likeness (QED) is 0.882. The Bertz CT molecular complexity index is 484. The van der Waals surface area contributed by atoms with Crippen LogP contribution >= 0.6 is 11.5 Å². The third-order valence-corrected chi connectivity index (χ3v) is 3.35. The fraction of sp³-hybridized carbons (Fsp3) is 0.273. The lowest BCUT2D eigenvalue weighted by atomic mass is 10.0. The highest BCUT2D eigenvalue weighted by Crippen LogP contribution is 2.30. The van der Waals surface area contributed by atoms with E-state index in [0.29, 0.717) is 0 Å². The smallest absolute Gasteiger partial charge is 0.124 e.